The molecule has 0 aromatic heterocycles. The maximum absolute atomic E-state index is 6.53. The van der Waals surface area contributed by atoms with Crippen LogP contribution in [-0.4, -0.2) is 31.1 Å². The summed E-state index contributed by atoms with van der Waals surface area (Å²) in [6, 6.07) is 19.5. The van der Waals surface area contributed by atoms with E-state index in [1.54, 1.807) is 0 Å². The minimum absolute atomic E-state index is 0.0788. The minimum atomic E-state index is 0.0788. The second-order valence-electron chi connectivity index (χ2n) is 6.25. The molecule has 0 amide bonds. The Kier molecular flexibility index (Phi) is 3.28. The number of piperidine rings is 1. The monoisotopic (exact) mass is 279 g/mol. The first-order chi connectivity index (χ1) is 10.3. The van der Waals surface area contributed by atoms with Crippen molar-refractivity contribution in [3.63, 3.8) is 0 Å². The van der Waals surface area contributed by atoms with E-state index in [2.05, 4.69) is 66.5 Å². The van der Waals surface area contributed by atoms with Crippen LogP contribution in [-0.2, 0) is 4.74 Å². The molecule has 0 radical (unpaired) electrons. The number of likely N-dealkylation sites (N-methyl/N-ethyl adjacent to an activating group) is 1. The fraction of sp³-hybridized carbons (Fsp3) is 0.368. The van der Waals surface area contributed by atoms with Gasteiger partial charge in [0, 0.05) is 12.5 Å². The van der Waals surface area contributed by atoms with Crippen molar-refractivity contribution >= 4 is 0 Å². The highest BCUT2D eigenvalue weighted by Gasteiger charge is 2.38. The van der Waals surface area contributed by atoms with Crippen LogP contribution in [0.2, 0.25) is 0 Å². The molecule has 0 bridgehead atoms. The molecule has 2 aromatic rings. The molecular formula is C19H21NO. The maximum Gasteiger partial charge on any atom is 0.108 e. The Hall–Kier alpha value is -1.64. The van der Waals surface area contributed by atoms with Gasteiger partial charge in [0.2, 0.25) is 0 Å². The summed E-state index contributed by atoms with van der Waals surface area (Å²) in [5.74, 6) is 0.553. The normalized spacial score (nSPS) is 28.7. The summed E-state index contributed by atoms with van der Waals surface area (Å²) in [4.78, 5) is 2.39. The summed E-state index contributed by atoms with van der Waals surface area (Å²) in [6.45, 7) is 2.19. The molecule has 0 saturated carbocycles. The van der Waals surface area contributed by atoms with Gasteiger partial charge in [-0.2, -0.15) is 0 Å². The molecule has 108 valence electrons. The van der Waals surface area contributed by atoms with Crippen molar-refractivity contribution in [2.24, 2.45) is 0 Å². The molecule has 21 heavy (non-hydrogen) atoms. The summed E-state index contributed by atoms with van der Waals surface area (Å²) in [5, 5.41) is 0. The van der Waals surface area contributed by atoms with Crippen LogP contribution in [0.4, 0.5) is 0 Å². The van der Waals surface area contributed by atoms with Crippen molar-refractivity contribution in [3.8, 4) is 0 Å². The number of hydrogen-bond donors (Lipinski definition) is 0. The van der Waals surface area contributed by atoms with Gasteiger partial charge in [-0.15, -0.1) is 0 Å². The summed E-state index contributed by atoms with van der Waals surface area (Å²) in [5.41, 5.74) is 4.11. The SMILES string of the molecule is CN1CC[C@H]2c3ccccc3C(c3ccccc3)O[C@H]2C1. The van der Waals surface area contributed by atoms with E-state index in [9.17, 15) is 0 Å². The highest BCUT2D eigenvalue weighted by molar-refractivity contribution is 5.41. The Balaban J connectivity index is 1.78. The number of hydrogen-bond acceptors (Lipinski definition) is 2. The number of benzene rings is 2. The molecule has 1 fully saturated rings. The molecule has 1 unspecified atom stereocenters. The fourth-order valence-electron chi connectivity index (χ4n) is 3.79. The zero-order valence-corrected chi connectivity index (χ0v) is 12.4. The van der Waals surface area contributed by atoms with Crippen LogP contribution in [0.25, 0.3) is 0 Å². The smallest absolute Gasteiger partial charge is 0.108 e. The first-order valence-electron chi connectivity index (χ1n) is 7.80. The molecule has 0 aliphatic carbocycles. The molecule has 2 nitrogen and oxygen atoms in total. The summed E-state index contributed by atoms with van der Waals surface area (Å²) in [7, 11) is 2.19. The van der Waals surface area contributed by atoms with E-state index in [0.29, 0.717) is 12.0 Å². The molecule has 2 heterocycles. The van der Waals surface area contributed by atoms with Gasteiger partial charge in [0.25, 0.3) is 0 Å². The van der Waals surface area contributed by atoms with E-state index >= 15 is 0 Å². The summed E-state index contributed by atoms with van der Waals surface area (Å²) in [6.07, 6.45) is 1.58. The maximum atomic E-state index is 6.53. The Morgan fingerprint density at radius 2 is 1.67 bits per heavy atom. The molecule has 1 saturated heterocycles. The van der Waals surface area contributed by atoms with Crippen molar-refractivity contribution in [3.05, 3.63) is 71.3 Å². The zero-order valence-electron chi connectivity index (χ0n) is 12.4. The van der Waals surface area contributed by atoms with Crippen molar-refractivity contribution in [2.75, 3.05) is 20.1 Å². The third kappa shape index (κ3) is 2.29. The van der Waals surface area contributed by atoms with Gasteiger partial charge in [-0.25, -0.2) is 0 Å². The molecule has 2 aromatic carbocycles. The van der Waals surface area contributed by atoms with E-state index < -0.39 is 0 Å². The lowest BCUT2D eigenvalue weighted by atomic mass is 9.79. The average molecular weight is 279 g/mol. The van der Waals surface area contributed by atoms with Gasteiger partial charge in [-0.3, -0.25) is 0 Å². The molecule has 4 rings (SSSR count). The van der Waals surface area contributed by atoms with Crippen molar-refractivity contribution in [1.82, 2.24) is 4.90 Å². The Morgan fingerprint density at radius 3 is 2.48 bits per heavy atom. The summed E-state index contributed by atoms with van der Waals surface area (Å²) >= 11 is 0. The largest absolute Gasteiger partial charge is 0.364 e. The molecule has 2 aliphatic heterocycles. The van der Waals surface area contributed by atoms with Crippen molar-refractivity contribution in [2.45, 2.75) is 24.5 Å². The first-order valence-corrected chi connectivity index (χ1v) is 7.80. The van der Waals surface area contributed by atoms with E-state index in [1.165, 1.54) is 23.1 Å². The topological polar surface area (TPSA) is 12.5 Å². The minimum Gasteiger partial charge on any atom is -0.364 e. The van der Waals surface area contributed by atoms with Crippen molar-refractivity contribution in [1.29, 1.82) is 0 Å². The van der Waals surface area contributed by atoms with Crippen LogP contribution >= 0.6 is 0 Å². The molecule has 2 heteroatoms. The third-order valence-corrected chi connectivity index (χ3v) is 4.85. The molecular weight excluding hydrogens is 258 g/mol. The standard InChI is InChI=1S/C19H21NO/c1-20-12-11-16-15-9-5-6-10-17(15)19(21-18(16)13-20)14-7-3-2-4-8-14/h2-10,16,18-19H,11-13H2,1H3/t16-,18-,19?/m0/s1. The van der Waals surface area contributed by atoms with Crippen molar-refractivity contribution < 1.29 is 4.74 Å². The molecule has 3 atom stereocenters. The van der Waals surface area contributed by atoms with Gasteiger partial charge in [0.15, 0.2) is 0 Å². The lowest BCUT2D eigenvalue weighted by molar-refractivity contribution is -0.0543. The highest BCUT2D eigenvalue weighted by atomic mass is 16.5. The van der Waals surface area contributed by atoms with Gasteiger partial charge in [-0.1, -0.05) is 54.6 Å². The molecule has 2 aliphatic rings. The number of nitrogens with zero attached hydrogens (tertiary/aromatic N) is 1. The number of ether oxygens (including phenoxy) is 1. The molecule has 0 spiro atoms. The second-order valence-corrected chi connectivity index (χ2v) is 6.25. The fourth-order valence-corrected chi connectivity index (χ4v) is 3.79. The quantitative estimate of drug-likeness (QED) is 0.791. The van der Waals surface area contributed by atoms with E-state index in [0.717, 1.165) is 13.1 Å². The van der Waals surface area contributed by atoms with Gasteiger partial charge in [-0.05, 0) is 36.7 Å². The number of fused-ring (bicyclic) bond motifs is 3. The van der Waals surface area contributed by atoms with Crippen LogP contribution in [0.5, 0.6) is 0 Å². The Bertz CT molecular complexity index is 624. The second kappa shape index (κ2) is 5.28. The van der Waals surface area contributed by atoms with Gasteiger partial charge < -0.3 is 9.64 Å². The van der Waals surface area contributed by atoms with Crippen LogP contribution < -0.4 is 0 Å². The molecule has 0 N–H and O–H groups in total. The van der Waals surface area contributed by atoms with E-state index in [4.69, 9.17) is 4.74 Å². The lowest BCUT2D eigenvalue weighted by Gasteiger charge is -2.44. The zero-order chi connectivity index (χ0) is 14.2. The third-order valence-electron chi connectivity index (χ3n) is 4.85. The van der Waals surface area contributed by atoms with Crippen LogP contribution in [0.3, 0.4) is 0 Å². The lowest BCUT2D eigenvalue weighted by Crippen LogP contribution is -2.45. The first kappa shape index (κ1) is 13.1. The number of likely N-dealkylation sites (tertiary alicyclic amines) is 1. The summed E-state index contributed by atoms with van der Waals surface area (Å²) < 4.78 is 6.53. The Morgan fingerprint density at radius 1 is 0.952 bits per heavy atom. The van der Waals surface area contributed by atoms with E-state index in [-0.39, 0.29) is 6.10 Å². The van der Waals surface area contributed by atoms with Gasteiger partial charge in [0.05, 0.1) is 6.10 Å². The van der Waals surface area contributed by atoms with Crippen LogP contribution in [0, 0.1) is 0 Å². The average Bonchev–Trinajstić information content (AvgIpc) is 2.54. The predicted octanol–water partition coefficient (Wildman–Crippen LogP) is 3.59. The van der Waals surface area contributed by atoms with Crippen LogP contribution in [0.1, 0.15) is 35.1 Å². The van der Waals surface area contributed by atoms with Crippen LogP contribution in [0.15, 0.2) is 54.6 Å². The number of rotatable bonds is 1. The Labute approximate surface area is 126 Å². The van der Waals surface area contributed by atoms with Gasteiger partial charge in [0.1, 0.15) is 6.10 Å². The van der Waals surface area contributed by atoms with Gasteiger partial charge >= 0.3 is 0 Å². The van der Waals surface area contributed by atoms with E-state index in [1.807, 2.05) is 0 Å². The highest BCUT2D eigenvalue weighted by Crippen LogP contribution is 2.44. The predicted molar refractivity (Wildman–Crippen MR) is 84.5 cm³/mol.